The SMILES string of the molecule is CCCCB1NC(C)C(c2ccccc2)O1. The molecule has 3 heteroatoms. The zero-order chi connectivity index (χ0) is 11.4. The molecule has 1 aromatic carbocycles. The van der Waals surface area contributed by atoms with Crippen LogP contribution in [0.25, 0.3) is 0 Å². The van der Waals surface area contributed by atoms with Crippen molar-refractivity contribution in [3.63, 3.8) is 0 Å². The highest BCUT2D eigenvalue weighted by molar-refractivity contribution is 6.49. The third-order valence-electron chi connectivity index (χ3n) is 3.16. The van der Waals surface area contributed by atoms with Crippen LogP contribution in [0.1, 0.15) is 38.4 Å². The normalized spacial score (nSPS) is 25.0. The fourth-order valence-corrected chi connectivity index (χ4v) is 2.27. The minimum atomic E-state index is 0.211. The Morgan fingerprint density at radius 1 is 1.31 bits per heavy atom. The van der Waals surface area contributed by atoms with E-state index in [0.29, 0.717) is 6.04 Å². The highest BCUT2D eigenvalue weighted by Crippen LogP contribution is 2.27. The zero-order valence-electron chi connectivity index (χ0n) is 10.1. The van der Waals surface area contributed by atoms with Crippen molar-refractivity contribution in [3.8, 4) is 0 Å². The monoisotopic (exact) mass is 217 g/mol. The van der Waals surface area contributed by atoms with Gasteiger partial charge in [-0.15, -0.1) is 0 Å². The lowest BCUT2D eigenvalue weighted by Crippen LogP contribution is -2.32. The molecular weight excluding hydrogens is 197 g/mol. The van der Waals surface area contributed by atoms with Crippen molar-refractivity contribution in [1.29, 1.82) is 0 Å². The Hall–Kier alpha value is -0.795. The molecule has 2 nitrogen and oxygen atoms in total. The van der Waals surface area contributed by atoms with E-state index in [0.717, 1.165) is 6.32 Å². The van der Waals surface area contributed by atoms with Gasteiger partial charge in [0.25, 0.3) is 0 Å². The molecule has 1 fully saturated rings. The summed E-state index contributed by atoms with van der Waals surface area (Å²) in [6.07, 6.45) is 3.78. The molecule has 0 amide bonds. The fourth-order valence-electron chi connectivity index (χ4n) is 2.27. The molecule has 1 aliphatic heterocycles. The van der Waals surface area contributed by atoms with Gasteiger partial charge in [-0.25, -0.2) is 0 Å². The average molecular weight is 217 g/mol. The van der Waals surface area contributed by atoms with E-state index >= 15 is 0 Å². The number of hydrogen-bond acceptors (Lipinski definition) is 2. The molecule has 1 aromatic rings. The van der Waals surface area contributed by atoms with Crippen LogP contribution in [0.2, 0.25) is 6.32 Å². The molecule has 1 heterocycles. The molecule has 0 spiro atoms. The van der Waals surface area contributed by atoms with E-state index in [9.17, 15) is 0 Å². The first-order chi connectivity index (χ1) is 7.81. The van der Waals surface area contributed by atoms with E-state index in [4.69, 9.17) is 4.65 Å². The first kappa shape index (κ1) is 11.7. The fraction of sp³-hybridized carbons (Fsp3) is 0.538. The van der Waals surface area contributed by atoms with Crippen molar-refractivity contribution in [2.75, 3.05) is 0 Å². The van der Waals surface area contributed by atoms with Gasteiger partial charge in [0.05, 0.1) is 6.10 Å². The lowest BCUT2D eigenvalue weighted by atomic mass is 9.77. The smallest absolute Gasteiger partial charge is 0.380 e. The highest BCUT2D eigenvalue weighted by Gasteiger charge is 2.34. The van der Waals surface area contributed by atoms with Crippen LogP contribution in [0.15, 0.2) is 30.3 Å². The number of rotatable bonds is 4. The first-order valence-electron chi connectivity index (χ1n) is 6.27. The molecule has 0 saturated carbocycles. The van der Waals surface area contributed by atoms with Gasteiger partial charge >= 0.3 is 7.05 Å². The third-order valence-corrected chi connectivity index (χ3v) is 3.16. The van der Waals surface area contributed by atoms with Crippen molar-refractivity contribution in [1.82, 2.24) is 5.23 Å². The maximum Gasteiger partial charge on any atom is 0.380 e. The first-order valence-corrected chi connectivity index (χ1v) is 6.27. The Morgan fingerprint density at radius 2 is 2.06 bits per heavy atom. The second-order valence-electron chi connectivity index (χ2n) is 4.55. The summed E-state index contributed by atoms with van der Waals surface area (Å²) in [5, 5.41) is 3.51. The van der Waals surface area contributed by atoms with Gasteiger partial charge in [0.15, 0.2) is 0 Å². The number of unbranched alkanes of at least 4 members (excludes halogenated alkanes) is 1. The van der Waals surface area contributed by atoms with E-state index in [1.54, 1.807) is 0 Å². The second kappa shape index (κ2) is 5.51. The molecule has 2 atom stereocenters. The molecule has 2 rings (SSSR count). The van der Waals surface area contributed by atoms with Crippen LogP contribution in [0.4, 0.5) is 0 Å². The van der Waals surface area contributed by atoms with E-state index in [2.05, 4.69) is 43.3 Å². The Labute approximate surface area is 98.5 Å². The average Bonchev–Trinajstić information content (AvgIpc) is 2.69. The van der Waals surface area contributed by atoms with Crippen molar-refractivity contribution in [2.24, 2.45) is 0 Å². The highest BCUT2D eigenvalue weighted by atomic mass is 16.5. The molecule has 0 aliphatic carbocycles. The van der Waals surface area contributed by atoms with Crippen LogP contribution in [0, 0.1) is 0 Å². The Morgan fingerprint density at radius 3 is 2.75 bits per heavy atom. The standard InChI is InChI=1S/C13H20BNO/c1-3-4-10-14-15-11(2)13(16-14)12-8-6-5-7-9-12/h5-9,11,13,15H,3-4,10H2,1-2H3. The molecule has 16 heavy (non-hydrogen) atoms. The molecule has 1 aliphatic rings. The van der Waals surface area contributed by atoms with E-state index in [1.165, 1.54) is 18.4 Å². The molecule has 0 aromatic heterocycles. The minimum absolute atomic E-state index is 0.211. The lowest BCUT2D eigenvalue weighted by molar-refractivity contribution is 0.219. The van der Waals surface area contributed by atoms with E-state index in [-0.39, 0.29) is 13.2 Å². The van der Waals surface area contributed by atoms with Crippen LogP contribution in [0.3, 0.4) is 0 Å². The Bertz CT molecular complexity index is 317. The second-order valence-corrected chi connectivity index (χ2v) is 4.55. The predicted octanol–water partition coefficient (Wildman–Crippen LogP) is 3.02. The summed E-state index contributed by atoms with van der Waals surface area (Å²) in [6, 6.07) is 10.9. The van der Waals surface area contributed by atoms with Gasteiger partial charge in [-0.3, -0.25) is 0 Å². The Kier molecular flexibility index (Phi) is 4.02. The van der Waals surface area contributed by atoms with Crippen molar-refractivity contribution < 1.29 is 4.65 Å². The summed E-state index contributed by atoms with van der Waals surface area (Å²) in [6.45, 7) is 4.41. The van der Waals surface area contributed by atoms with E-state index < -0.39 is 0 Å². The third kappa shape index (κ3) is 2.66. The molecule has 0 bridgehead atoms. The largest absolute Gasteiger partial charge is 0.413 e. The summed E-state index contributed by atoms with van der Waals surface area (Å²) in [5.41, 5.74) is 1.28. The van der Waals surface area contributed by atoms with Crippen LogP contribution >= 0.6 is 0 Å². The van der Waals surface area contributed by atoms with Crippen molar-refractivity contribution >= 4 is 7.05 Å². The molecule has 2 unspecified atom stereocenters. The van der Waals surface area contributed by atoms with Crippen LogP contribution in [-0.4, -0.2) is 13.1 Å². The van der Waals surface area contributed by atoms with Crippen LogP contribution in [-0.2, 0) is 4.65 Å². The summed E-state index contributed by atoms with van der Waals surface area (Å²) < 4.78 is 6.05. The van der Waals surface area contributed by atoms with Gasteiger partial charge in [-0.1, -0.05) is 50.1 Å². The zero-order valence-corrected chi connectivity index (χ0v) is 10.1. The summed E-state index contributed by atoms with van der Waals surface area (Å²) in [7, 11) is 0.236. The van der Waals surface area contributed by atoms with Crippen molar-refractivity contribution in [3.05, 3.63) is 35.9 Å². The molecule has 86 valence electrons. The topological polar surface area (TPSA) is 21.3 Å². The molecule has 1 saturated heterocycles. The summed E-state index contributed by atoms with van der Waals surface area (Å²) in [4.78, 5) is 0. The maximum absolute atomic E-state index is 6.05. The molecule has 0 radical (unpaired) electrons. The predicted molar refractivity (Wildman–Crippen MR) is 68.3 cm³/mol. The maximum atomic E-state index is 6.05. The van der Waals surface area contributed by atoms with Crippen molar-refractivity contribution in [2.45, 2.75) is 45.2 Å². The van der Waals surface area contributed by atoms with Gasteiger partial charge in [0.1, 0.15) is 0 Å². The van der Waals surface area contributed by atoms with Gasteiger partial charge in [0.2, 0.25) is 0 Å². The molecule has 1 N–H and O–H groups in total. The summed E-state index contributed by atoms with van der Waals surface area (Å²) >= 11 is 0. The Balaban J connectivity index is 1.97. The summed E-state index contributed by atoms with van der Waals surface area (Å²) in [5.74, 6) is 0. The van der Waals surface area contributed by atoms with Gasteiger partial charge in [-0.2, -0.15) is 0 Å². The van der Waals surface area contributed by atoms with Crippen LogP contribution in [0.5, 0.6) is 0 Å². The van der Waals surface area contributed by atoms with Crippen LogP contribution < -0.4 is 5.23 Å². The van der Waals surface area contributed by atoms with Gasteiger partial charge in [-0.05, 0) is 18.8 Å². The lowest BCUT2D eigenvalue weighted by Gasteiger charge is -2.15. The van der Waals surface area contributed by atoms with Gasteiger partial charge < -0.3 is 9.88 Å². The van der Waals surface area contributed by atoms with E-state index in [1.807, 2.05) is 6.07 Å². The minimum Gasteiger partial charge on any atom is -0.413 e. The number of hydrogen-bond donors (Lipinski definition) is 1. The quantitative estimate of drug-likeness (QED) is 0.782. The molecular formula is C13H20BNO. The number of nitrogens with one attached hydrogen (secondary N) is 1. The van der Waals surface area contributed by atoms with Gasteiger partial charge in [0, 0.05) is 6.04 Å². The number of benzene rings is 1.